The highest BCUT2D eigenvalue weighted by Gasteiger charge is 2.15. The Hall–Kier alpha value is -1.06. The van der Waals surface area contributed by atoms with Crippen LogP contribution in [0.25, 0.3) is 0 Å². The quantitative estimate of drug-likeness (QED) is 0.659. The summed E-state index contributed by atoms with van der Waals surface area (Å²) in [5.74, 6) is 5.60. The summed E-state index contributed by atoms with van der Waals surface area (Å²) in [6.45, 7) is 0. The molecule has 0 aliphatic rings. The van der Waals surface area contributed by atoms with Gasteiger partial charge in [-0.2, -0.15) is 0 Å². The van der Waals surface area contributed by atoms with Gasteiger partial charge >= 0.3 is 0 Å². The summed E-state index contributed by atoms with van der Waals surface area (Å²) in [5, 5.41) is 1.28. The van der Waals surface area contributed by atoms with E-state index in [1.807, 2.05) is 36.4 Å². The topological polar surface area (TPSA) is 38.0 Å². The van der Waals surface area contributed by atoms with Gasteiger partial charge in [0.1, 0.15) is 0 Å². The Labute approximate surface area is 110 Å². The number of hydrogen-bond acceptors (Lipinski definition) is 2. The van der Waals surface area contributed by atoms with Crippen molar-refractivity contribution >= 4 is 23.2 Å². The molecule has 0 fully saturated rings. The summed E-state index contributed by atoms with van der Waals surface area (Å²) in [6, 6.07) is 15.0. The monoisotopic (exact) mass is 266 g/mol. The third-order valence-electron chi connectivity index (χ3n) is 2.57. The molecule has 17 heavy (non-hydrogen) atoms. The SMILES string of the molecule is NN[C@@H](c1ccccc1)c1cc(Cl)ccc1Cl. The Morgan fingerprint density at radius 2 is 1.71 bits per heavy atom. The molecule has 0 spiro atoms. The van der Waals surface area contributed by atoms with E-state index in [1.54, 1.807) is 12.1 Å². The predicted octanol–water partition coefficient (Wildman–Crippen LogP) is 3.55. The van der Waals surface area contributed by atoms with Crippen LogP contribution in [0.15, 0.2) is 48.5 Å². The second-order valence-corrected chi connectivity index (χ2v) is 4.52. The standard InChI is InChI=1S/C13H12Cl2N2/c14-10-6-7-12(15)11(8-10)13(17-16)9-4-2-1-3-5-9/h1-8,13,17H,16H2/t13-/m0/s1. The number of nitrogens with two attached hydrogens (primary N) is 1. The fraction of sp³-hybridized carbons (Fsp3) is 0.0769. The lowest BCUT2D eigenvalue weighted by atomic mass is 9.99. The van der Waals surface area contributed by atoms with Gasteiger partial charge in [-0.1, -0.05) is 53.5 Å². The Morgan fingerprint density at radius 1 is 1.00 bits per heavy atom. The molecule has 3 N–H and O–H groups in total. The second-order valence-electron chi connectivity index (χ2n) is 3.68. The maximum atomic E-state index is 6.17. The summed E-state index contributed by atoms with van der Waals surface area (Å²) in [4.78, 5) is 0. The van der Waals surface area contributed by atoms with Gasteiger partial charge in [0.25, 0.3) is 0 Å². The summed E-state index contributed by atoms with van der Waals surface area (Å²) in [5.41, 5.74) is 4.67. The van der Waals surface area contributed by atoms with E-state index in [4.69, 9.17) is 29.0 Å². The van der Waals surface area contributed by atoms with E-state index >= 15 is 0 Å². The molecule has 0 unspecified atom stereocenters. The summed E-state index contributed by atoms with van der Waals surface area (Å²) in [7, 11) is 0. The van der Waals surface area contributed by atoms with Crippen LogP contribution >= 0.6 is 23.2 Å². The lowest BCUT2D eigenvalue weighted by molar-refractivity contribution is 0.637. The van der Waals surface area contributed by atoms with E-state index in [0.29, 0.717) is 10.0 Å². The van der Waals surface area contributed by atoms with Gasteiger partial charge in [0, 0.05) is 10.0 Å². The van der Waals surface area contributed by atoms with Crippen LogP contribution in [0.2, 0.25) is 10.0 Å². The molecule has 0 bridgehead atoms. The molecule has 2 aromatic rings. The highest BCUT2D eigenvalue weighted by molar-refractivity contribution is 6.33. The Morgan fingerprint density at radius 3 is 2.35 bits per heavy atom. The van der Waals surface area contributed by atoms with Crippen molar-refractivity contribution in [1.82, 2.24) is 5.43 Å². The van der Waals surface area contributed by atoms with Crippen molar-refractivity contribution in [3.63, 3.8) is 0 Å². The largest absolute Gasteiger partial charge is 0.271 e. The van der Waals surface area contributed by atoms with Crippen molar-refractivity contribution in [3.8, 4) is 0 Å². The first kappa shape index (κ1) is 12.4. The number of nitrogens with one attached hydrogen (secondary N) is 1. The fourth-order valence-electron chi connectivity index (χ4n) is 1.75. The lowest BCUT2D eigenvalue weighted by Gasteiger charge is -2.18. The molecule has 0 amide bonds. The van der Waals surface area contributed by atoms with Crippen molar-refractivity contribution in [2.45, 2.75) is 6.04 Å². The fourth-order valence-corrected chi connectivity index (χ4v) is 2.15. The van der Waals surface area contributed by atoms with Gasteiger partial charge in [0.15, 0.2) is 0 Å². The second kappa shape index (κ2) is 5.52. The average Bonchev–Trinajstić information content (AvgIpc) is 2.36. The highest BCUT2D eigenvalue weighted by atomic mass is 35.5. The predicted molar refractivity (Wildman–Crippen MR) is 72.1 cm³/mol. The Kier molecular flexibility index (Phi) is 4.02. The van der Waals surface area contributed by atoms with Crippen LogP contribution in [-0.4, -0.2) is 0 Å². The Bertz CT molecular complexity index is 500. The molecule has 0 heterocycles. The van der Waals surface area contributed by atoms with E-state index in [-0.39, 0.29) is 6.04 Å². The summed E-state index contributed by atoms with van der Waals surface area (Å²) >= 11 is 12.1. The van der Waals surface area contributed by atoms with E-state index in [0.717, 1.165) is 11.1 Å². The molecule has 2 aromatic carbocycles. The van der Waals surface area contributed by atoms with Crippen molar-refractivity contribution in [2.75, 3.05) is 0 Å². The summed E-state index contributed by atoms with van der Waals surface area (Å²) in [6.07, 6.45) is 0. The Balaban J connectivity index is 2.46. The first-order valence-electron chi connectivity index (χ1n) is 5.18. The zero-order valence-electron chi connectivity index (χ0n) is 9.03. The minimum absolute atomic E-state index is 0.164. The first-order chi connectivity index (χ1) is 8.22. The first-order valence-corrected chi connectivity index (χ1v) is 5.94. The average molecular weight is 267 g/mol. The minimum atomic E-state index is -0.164. The van der Waals surface area contributed by atoms with Crippen LogP contribution in [0.5, 0.6) is 0 Å². The van der Waals surface area contributed by atoms with Gasteiger partial charge in [-0.05, 0) is 29.3 Å². The molecule has 0 aromatic heterocycles. The number of hydrazine groups is 1. The minimum Gasteiger partial charge on any atom is -0.271 e. The zero-order valence-corrected chi connectivity index (χ0v) is 10.5. The molecule has 2 nitrogen and oxygen atoms in total. The molecule has 0 saturated heterocycles. The van der Waals surface area contributed by atoms with Crippen LogP contribution in [0, 0.1) is 0 Å². The smallest absolute Gasteiger partial charge is 0.0725 e. The van der Waals surface area contributed by atoms with Crippen LogP contribution in [-0.2, 0) is 0 Å². The van der Waals surface area contributed by atoms with Gasteiger partial charge < -0.3 is 0 Å². The van der Waals surface area contributed by atoms with E-state index in [2.05, 4.69) is 5.43 Å². The van der Waals surface area contributed by atoms with Crippen LogP contribution in [0.3, 0.4) is 0 Å². The van der Waals surface area contributed by atoms with Gasteiger partial charge in [0.05, 0.1) is 6.04 Å². The van der Waals surface area contributed by atoms with Crippen LogP contribution < -0.4 is 11.3 Å². The molecule has 0 saturated carbocycles. The number of rotatable bonds is 3. The van der Waals surface area contributed by atoms with Gasteiger partial charge in [0.2, 0.25) is 0 Å². The van der Waals surface area contributed by atoms with E-state index in [1.165, 1.54) is 0 Å². The van der Waals surface area contributed by atoms with Gasteiger partial charge in [-0.3, -0.25) is 5.84 Å². The maximum absolute atomic E-state index is 6.17. The molecular weight excluding hydrogens is 255 g/mol. The molecule has 1 atom stereocenters. The van der Waals surface area contributed by atoms with E-state index < -0.39 is 0 Å². The van der Waals surface area contributed by atoms with Gasteiger partial charge in [-0.15, -0.1) is 0 Å². The van der Waals surface area contributed by atoms with Crippen LogP contribution in [0.1, 0.15) is 17.2 Å². The molecule has 88 valence electrons. The highest BCUT2D eigenvalue weighted by Crippen LogP contribution is 2.29. The molecular formula is C13H12Cl2N2. The summed E-state index contributed by atoms with van der Waals surface area (Å²) < 4.78 is 0. The number of benzene rings is 2. The third kappa shape index (κ3) is 2.79. The maximum Gasteiger partial charge on any atom is 0.0725 e. The normalized spacial score (nSPS) is 12.4. The van der Waals surface area contributed by atoms with Crippen LogP contribution in [0.4, 0.5) is 0 Å². The molecule has 0 aliphatic carbocycles. The van der Waals surface area contributed by atoms with Crippen molar-refractivity contribution in [3.05, 3.63) is 69.7 Å². The molecule has 4 heteroatoms. The number of hydrogen-bond donors (Lipinski definition) is 2. The van der Waals surface area contributed by atoms with Crippen molar-refractivity contribution in [2.24, 2.45) is 5.84 Å². The number of halogens is 2. The van der Waals surface area contributed by atoms with Crippen molar-refractivity contribution < 1.29 is 0 Å². The third-order valence-corrected chi connectivity index (χ3v) is 3.15. The van der Waals surface area contributed by atoms with E-state index in [9.17, 15) is 0 Å². The zero-order chi connectivity index (χ0) is 12.3. The van der Waals surface area contributed by atoms with Gasteiger partial charge in [-0.25, -0.2) is 5.43 Å². The lowest BCUT2D eigenvalue weighted by Crippen LogP contribution is -2.29. The molecule has 2 rings (SSSR count). The van der Waals surface area contributed by atoms with Crippen molar-refractivity contribution in [1.29, 1.82) is 0 Å². The molecule has 0 aliphatic heterocycles. The molecule has 0 radical (unpaired) electrons.